The number of hydrogen-bond acceptors (Lipinski definition) is 3. The number of nitrogens with two attached hydrogens (primary N) is 1. The van der Waals surface area contributed by atoms with Crippen molar-refractivity contribution in [1.29, 1.82) is 0 Å². The van der Waals surface area contributed by atoms with E-state index in [0.29, 0.717) is 0 Å². The van der Waals surface area contributed by atoms with Gasteiger partial charge < -0.3 is 10.3 Å². The molecule has 4 heteroatoms. The van der Waals surface area contributed by atoms with Gasteiger partial charge in [-0.3, -0.25) is 4.98 Å². The molecule has 0 spiro atoms. The van der Waals surface area contributed by atoms with Gasteiger partial charge in [0, 0.05) is 31.0 Å². The number of pyridine rings is 1. The Morgan fingerprint density at radius 2 is 2.00 bits per heavy atom. The highest BCUT2D eigenvalue weighted by Gasteiger charge is 2.13. The number of rotatable bonds is 3. The molecule has 4 nitrogen and oxygen atoms in total. The highest BCUT2D eigenvalue weighted by Crippen LogP contribution is 2.21. The SMILES string of the molecule is Cn1ccnc1C(N)Cc1ccnc2ccccc12. The molecule has 1 unspecified atom stereocenters. The van der Waals surface area contributed by atoms with Gasteiger partial charge in [-0.1, -0.05) is 18.2 Å². The Labute approximate surface area is 111 Å². The summed E-state index contributed by atoms with van der Waals surface area (Å²) in [5, 5.41) is 1.16. The van der Waals surface area contributed by atoms with E-state index in [-0.39, 0.29) is 6.04 Å². The molecular formula is C15H16N4. The van der Waals surface area contributed by atoms with E-state index in [1.807, 2.05) is 48.3 Å². The topological polar surface area (TPSA) is 56.7 Å². The minimum atomic E-state index is -0.106. The van der Waals surface area contributed by atoms with Gasteiger partial charge in [0.15, 0.2) is 0 Å². The molecule has 3 rings (SSSR count). The van der Waals surface area contributed by atoms with Crippen LogP contribution >= 0.6 is 0 Å². The van der Waals surface area contributed by atoms with Crippen LogP contribution in [0.15, 0.2) is 48.9 Å². The fraction of sp³-hybridized carbons (Fsp3) is 0.200. The first-order valence-corrected chi connectivity index (χ1v) is 6.31. The summed E-state index contributed by atoms with van der Waals surface area (Å²) in [6, 6.07) is 10.1. The van der Waals surface area contributed by atoms with Crippen molar-refractivity contribution in [2.45, 2.75) is 12.5 Å². The molecule has 19 heavy (non-hydrogen) atoms. The lowest BCUT2D eigenvalue weighted by molar-refractivity contribution is 0.634. The second-order valence-electron chi connectivity index (χ2n) is 4.69. The van der Waals surface area contributed by atoms with Gasteiger partial charge >= 0.3 is 0 Å². The van der Waals surface area contributed by atoms with Crippen molar-refractivity contribution in [3.8, 4) is 0 Å². The number of aryl methyl sites for hydroxylation is 1. The van der Waals surface area contributed by atoms with Crippen molar-refractivity contribution in [3.63, 3.8) is 0 Å². The Kier molecular flexibility index (Phi) is 3.01. The molecule has 0 radical (unpaired) electrons. The second-order valence-corrected chi connectivity index (χ2v) is 4.69. The third-order valence-corrected chi connectivity index (χ3v) is 3.37. The molecule has 0 saturated carbocycles. The van der Waals surface area contributed by atoms with Gasteiger partial charge in [-0.2, -0.15) is 0 Å². The molecule has 3 aromatic rings. The molecule has 2 heterocycles. The smallest absolute Gasteiger partial charge is 0.125 e. The van der Waals surface area contributed by atoms with E-state index < -0.39 is 0 Å². The van der Waals surface area contributed by atoms with Gasteiger partial charge in [0.25, 0.3) is 0 Å². The van der Waals surface area contributed by atoms with Gasteiger partial charge in [-0.25, -0.2) is 4.98 Å². The summed E-state index contributed by atoms with van der Waals surface area (Å²) in [4.78, 5) is 8.68. The minimum Gasteiger partial charge on any atom is -0.337 e. The van der Waals surface area contributed by atoms with Gasteiger partial charge in [0.2, 0.25) is 0 Å². The number of benzene rings is 1. The van der Waals surface area contributed by atoms with Crippen molar-refractivity contribution in [2.75, 3.05) is 0 Å². The van der Waals surface area contributed by atoms with E-state index in [0.717, 1.165) is 23.1 Å². The first kappa shape index (κ1) is 11.9. The van der Waals surface area contributed by atoms with E-state index in [1.165, 1.54) is 5.56 Å². The predicted octanol–water partition coefficient (Wildman–Crippen LogP) is 2.21. The zero-order valence-corrected chi connectivity index (χ0v) is 10.8. The summed E-state index contributed by atoms with van der Waals surface area (Å²) in [7, 11) is 1.97. The number of imidazole rings is 1. The number of nitrogens with zero attached hydrogens (tertiary/aromatic N) is 3. The molecule has 0 aliphatic rings. The average molecular weight is 252 g/mol. The number of para-hydroxylation sites is 1. The number of hydrogen-bond donors (Lipinski definition) is 1. The molecule has 0 aliphatic carbocycles. The molecule has 0 aliphatic heterocycles. The van der Waals surface area contributed by atoms with Gasteiger partial charge in [-0.05, 0) is 24.1 Å². The van der Waals surface area contributed by atoms with E-state index in [2.05, 4.69) is 16.0 Å². The highest BCUT2D eigenvalue weighted by molar-refractivity contribution is 5.81. The van der Waals surface area contributed by atoms with Crippen LogP contribution in [-0.4, -0.2) is 14.5 Å². The molecule has 0 amide bonds. The first-order chi connectivity index (χ1) is 9.25. The molecule has 1 aromatic carbocycles. The van der Waals surface area contributed by atoms with Crippen LogP contribution in [0.3, 0.4) is 0 Å². The quantitative estimate of drug-likeness (QED) is 0.777. The molecular weight excluding hydrogens is 236 g/mol. The fourth-order valence-electron chi connectivity index (χ4n) is 2.40. The number of fused-ring (bicyclic) bond motifs is 1. The van der Waals surface area contributed by atoms with Crippen molar-refractivity contribution >= 4 is 10.9 Å². The Balaban J connectivity index is 1.96. The second kappa shape index (κ2) is 4.82. The Morgan fingerprint density at radius 1 is 1.16 bits per heavy atom. The van der Waals surface area contributed by atoms with E-state index in [1.54, 1.807) is 6.20 Å². The summed E-state index contributed by atoms with van der Waals surface area (Å²) in [6.45, 7) is 0. The van der Waals surface area contributed by atoms with Crippen LogP contribution in [0, 0.1) is 0 Å². The summed E-state index contributed by atoms with van der Waals surface area (Å²) in [6.07, 6.45) is 6.29. The maximum Gasteiger partial charge on any atom is 0.125 e. The number of aromatic nitrogens is 3. The van der Waals surface area contributed by atoms with Crippen LogP contribution < -0.4 is 5.73 Å². The standard InChI is InChI=1S/C15H16N4/c1-19-9-8-18-15(19)13(16)10-11-6-7-17-14-5-3-2-4-12(11)14/h2-9,13H,10,16H2,1H3. The van der Waals surface area contributed by atoms with Crippen LogP contribution in [0.25, 0.3) is 10.9 Å². The van der Waals surface area contributed by atoms with Crippen LogP contribution in [0.1, 0.15) is 17.4 Å². The predicted molar refractivity (Wildman–Crippen MR) is 75.6 cm³/mol. The molecule has 0 bridgehead atoms. The molecule has 1 atom stereocenters. The van der Waals surface area contributed by atoms with Gasteiger partial charge in [-0.15, -0.1) is 0 Å². The Bertz CT molecular complexity index is 697. The van der Waals surface area contributed by atoms with Crippen molar-refractivity contribution in [3.05, 3.63) is 60.3 Å². The summed E-state index contributed by atoms with van der Waals surface area (Å²) in [5.74, 6) is 0.904. The normalized spacial score (nSPS) is 12.7. The monoisotopic (exact) mass is 252 g/mol. The molecule has 2 N–H and O–H groups in total. The lowest BCUT2D eigenvalue weighted by Gasteiger charge is -2.13. The van der Waals surface area contributed by atoms with Crippen LogP contribution in [0.4, 0.5) is 0 Å². The zero-order chi connectivity index (χ0) is 13.2. The van der Waals surface area contributed by atoms with Crippen molar-refractivity contribution in [2.24, 2.45) is 12.8 Å². The lowest BCUT2D eigenvalue weighted by Crippen LogP contribution is -2.18. The molecule has 96 valence electrons. The van der Waals surface area contributed by atoms with Crippen molar-refractivity contribution in [1.82, 2.24) is 14.5 Å². The third-order valence-electron chi connectivity index (χ3n) is 3.37. The average Bonchev–Trinajstić information content (AvgIpc) is 2.85. The summed E-state index contributed by atoms with van der Waals surface area (Å²) >= 11 is 0. The van der Waals surface area contributed by atoms with Crippen LogP contribution in [0.5, 0.6) is 0 Å². The molecule has 2 aromatic heterocycles. The van der Waals surface area contributed by atoms with E-state index in [9.17, 15) is 0 Å². The Hall–Kier alpha value is -2.20. The molecule has 0 saturated heterocycles. The van der Waals surface area contributed by atoms with Crippen LogP contribution in [0.2, 0.25) is 0 Å². The summed E-state index contributed by atoms with van der Waals surface area (Å²) < 4.78 is 1.97. The summed E-state index contributed by atoms with van der Waals surface area (Å²) in [5.41, 5.74) is 8.48. The van der Waals surface area contributed by atoms with Gasteiger partial charge in [0.1, 0.15) is 5.82 Å². The highest BCUT2D eigenvalue weighted by atomic mass is 15.1. The van der Waals surface area contributed by atoms with E-state index in [4.69, 9.17) is 5.73 Å². The first-order valence-electron chi connectivity index (χ1n) is 6.31. The molecule has 0 fully saturated rings. The largest absolute Gasteiger partial charge is 0.337 e. The maximum atomic E-state index is 6.26. The lowest BCUT2D eigenvalue weighted by atomic mass is 10.0. The minimum absolute atomic E-state index is 0.106. The zero-order valence-electron chi connectivity index (χ0n) is 10.8. The Morgan fingerprint density at radius 3 is 2.79 bits per heavy atom. The van der Waals surface area contributed by atoms with Crippen molar-refractivity contribution < 1.29 is 0 Å². The van der Waals surface area contributed by atoms with E-state index >= 15 is 0 Å². The third kappa shape index (κ3) is 2.22. The fourth-order valence-corrected chi connectivity index (χ4v) is 2.40. The van der Waals surface area contributed by atoms with Crippen LogP contribution in [-0.2, 0) is 13.5 Å². The maximum absolute atomic E-state index is 6.26. The van der Waals surface area contributed by atoms with Gasteiger partial charge in [0.05, 0.1) is 11.6 Å².